The number of nitrogens with one attached hydrogen (secondary N) is 3. The molecule has 10 heteroatoms. The lowest BCUT2D eigenvalue weighted by molar-refractivity contribution is -0.192. The first-order valence-electron chi connectivity index (χ1n) is 9.55. The molecule has 0 aliphatic carbocycles. The largest absolute Gasteiger partial charge is 0.490 e. The lowest BCUT2D eigenvalue weighted by Crippen LogP contribution is -2.28. The van der Waals surface area contributed by atoms with Crippen molar-refractivity contribution in [1.29, 1.82) is 0 Å². The minimum absolute atomic E-state index is 0.288. The molecule has 0 atom stereocenters. The number of urea groups is 1. The zero-order chi connectivity index (χ0) is 22.9. The Balaban J connectivity index is 0.000000423. The number of aliphatic carboxylic acids is 1. The van der Waals surface area contributed by atoms with Gasteiger partial charge >= 0.3 is 18.2 Å². The smallest absolute Gasteiger partial charge is 0.475 e. The van der Waals surface area contributed by atoms with E-state index in [-0.39, 0.29) is 18.4 Å². The summed E-state index contributed by atoms with van der Waals surface area (Å²) in [6, 6.07) is 13.9. The number of amides is 2. The highest BCUT2D eigenvalue weighted by Crippen LogP contribution is 2.26. The molecular weight excluding hydrogens is 418 g/mol. The molecular formula is C21H23F4N3O3. The maximum Gasteiger partial charge on any atom is 0.490 e. The maximum atomic E-state index is 13.1. The topological polar surface area (TPSA) is 90.5 Å². The molecule has 2 amide bonds. The molecule has 0 unspecified atom stereocenters. The van der Waals surface area contributed by atoms with Crippen molar-refractivity contribution in [2.45, 2.75) is 31.5 Å². The van der Waals surface area contributed by atoms with Crippen LogP contribution >= 0.6 is 0 Å². The molecule has 0 bridgehead atoms. The molecule has 4 N–H and O–H groups in total. The summed E-state index contributed by atoms with van der Waals surface area (Å²) in [5.74, 6) is -2.46. The number of alkyl halides is 3. The van der Waals surface area contributed by atoms with Gasteiger partial charge in [-0.05, 0) is 67.2 Å². The van der Waals surface area contributed by atoms with Gasteiger partial charge in [0.15, 0.2) is 0 Å². The van der Waals surface area contributed by atoms with Gasteiger partial charge < -0.3 is 21.1 Å². The molecule has 1 heterocycles. The fraction of sp³-hybridized carbons (Fsp3) is 0.333. The summed E-state index contributed by atoms with van der Waals surface area (Å²) in [4.78, 5) is 20.8. The second kappa shape index (κ2) is 11.3. The third-order valence-electron chi connectivity index (χ3n) is 4.56. The minimum Gasteiger partial charge on any atom is -0.475 e. The number of anilines is 1. The number of halogens is 4. The Bertz CT molecular complexity index is 867. The molecule has 0 spiro atoms. The van der Waals surface area contributed by atoms with Gasteiger partial charge in [0, 0.05) is 12.2 Å². The highest BCUT2D eigenvalue weighted by molar-refractivity contribution is 5.89. The zero-order valence-corrected chi connectivity index (χ0v) is 16.5. The predicted octanol–water partition coefficient (Wildman–Crippen LogP) is 4.25. The second-order valence-electron chi connectivity index (χ2n) is 6.89. The van der Waals surface area contributed by atoms with Crippen LogP contribution in [0, 0.1) is 5.82 Å². The van der Waals surface area contributed by atoms with Crippen molar-refractivity contribution in [3.8, 4) is 0 Å². The Labute approximate surface area is 176 Å². The van der Waals surface area contributed by atoms with Gasteiger partial charge in [0.25, 0.3) is 0 Å². The van der Waals surface area contributed by atoms with Gasteiger partial charge in [0.1, 0.15) is 5.82 Å². The molecule has 0 saturated carbocycles. The van der Waals surface area contributed by atoms with Crippen molar-refractivity contribution in [3.05, 3.63) is 65.5 Å². The second-order valence-corrected chi connectivity index (χ2v) is 6.89. The summed E-state index contributed by atoms with van der Waals surface area (Å²) in [5.41, 5.74) is 2.80. The standard InChI is InChI=1S/C19H22FN3O.C2HF3O2/c20-17-3-1-2-14(12-17)13-22-19(24)23-18-6-4-15(5-7-18)16-8-10-21-11-9-16;3-2(4,5)1(6)7/h1-7,12,16,21H,8-11,13H2,(H2,22,23,24);(H,6,7). The number of piperidine rings is 1. The van der Waals surface area contributed by atoms with Crippen LogP contribution in [0.15, 0.2) is 48.5 Å². The average molecular weight is 441 g/mol. The van der Waals surface area contributed by atoms with Crippen molar-refractivity contribution < 1.29 is 32.3 Å². The molecule has 3 rings (SSSR count). The van der Waals surface area contributed by atoms with Crippen LogP contribution in [0.3, 0.4) is 0 Å². The summed E-state index contributed by atoms with van der Waals surface area (Å²) in [5, 5.41) is 16.0. The quantitative estimate of drug-likeness (QED) is 0.534. The van der Waals surface area contributed by atoms with Gasteiger partial charge in [-0.2, -0.15) is 13.2 Å². The van der Waals surface area contributed by atoms with E-state index in [2.05, 4.69) is 28.1 Å². The number of hydrogen-bond acceptors (Lipinski definition) is 3. The van der Waals surface area contributed by atoms with Crippen LogP contribution in [-0.2, 0) is 11.3 Å². The Kier molecular flexibility index (Phi) is 8.80. The van der Waals surface area contributed by atoms with E-state index < -0.39 is 12.1 Å². The van der Waals surface area contributed by atoms with Crippen molar-refractivity contribution in [2.24, 2.45) is 0 Å². The van der Waals surface area contributed by atoms with Gasteiger partial charge in [-0.25, -0.2) is 14.0 Å². The molecule has 6 nitrogen and oxygen atoms in total. The zero-order valence-electron chi connectivity index (χ0n) is 16.5. The van der Waals surface area contributed by atoms with Crippen LogP contribution in [0.5, 0.6) is 0 Å². The van der Waals surface area contributed by atoms with E-state index in [0.717, 1.165) is 37.2 Å². The van der Waals surface area contributed by atoms with Crippen LogP contribution < -0.4 is 16.0 Å². The molecule has 1 aliphatic rings. The van der Waals surface area contributed by atoms with Gasteiger partial charge in [-0.1, -0.05) is 24.3 Å². The number of carboxylic acids is 1. The first kappa shape index (κ1) is 24.1. The van der Waals surface area contributed by atoms with Crippen LogP contribution in [-0.4, -0.2) is 36.4 Å². The molecule has 2 aromatic carbocycles. The summed E-state index contributed by atoms with van der Waals surface area (Å²) in [6.45, 7) is 2.41. The number of carbonyl (C=O) groups excluding carboxylic acids is 1. The van der Waals surface area contributed by atoms with E-state index in [1.165, 1.54) is 17.7 Å². The molecule has 168 valence electrons. The number of benzene rings is 2. The lowest BCUT2D eigenvalue weighted by Gasteiger charge is -2.23. The predicted molar refractivity (Wildman–Crippen MR) is 107 cm³/mol. The van der Waals surface area contributed by atoms with Gasteiger partial charge in [-0.3, -0.25) is 0 Å². The molecule has 31 heavy (non-hydrogen) atoms. The van der Waals surface area contributed by atoms with Crippen molar-refractivity contribution >= 4 is 17.7 Å². The summed E-state index contributed by atoms with van der Waals surface area (Å²) >= 11 is 0. The first-order valence-corrected chi connectivity index (χ1v) is 9.55. The van der Waals surface area contributed by atoms with E-state index >= 15 is 0 Å². The maximum absolute atomic E-state index is 13.1. The Morgan fingerprint density at radius 3 is 2.23 bits per heavy atom. The SMILES string of the molecule is O=C(NCc1cccc(F)c1)Nc1ccc(C2CCNCC2)cc1.O=C(O)C(F)(F)F. The molecule has 0 radical (unpaired) electrons. The fourth-order valence-electron chi connectivity index (χ4n) is 3.00. The molecule has 1 saturated heterocycles. The summed E-state index contributed by atoms with van der Waals surface area (Å²) < 4.78 is 44.8. The van der Waals surface area contributed by atoms with Crippen LogP contribution in [0.1, 0.15) is 29.9 Å². The van der Waals surface area contributed by atoms with Crippen molar-refractivity contribution in [3.63, 3.8) is 0 Å². The van der Waals surface area contributed by atoms with Gasteiger partial charge in [0.2, 0.25) is 0 Å². The highest BCUT2D eigenvalue weighted by Gasteiger charge is 2.38. The Morgan fingerprint density at radius 1 is 1.06 bits per heavy atom. The third kappa shape index (κ3) is 8.63. The Hall–Kier alpha value is -3.14. The van der Waals surface area contributed by atoms with Crippen LogP contribution in [0.2, 0.25) is 0 Å². The molecule has 2 aromatic rings. The van der Waals surface area contributed by atoms with Crippen LogP contribution in [0.4, 0.5) is 28.0 Å². The third-order valence-corrected chi connectivity index (χ3v) is 4.56. The van der Waals surface area contributed by atoms with Gasteiger partial charge in [0.05, 0.1) is 0 Å². The normalized spacial score (nSPS) is 14.2. The van der Waals surface area contributed by atoms with E-state index in [1.54, 1.807) is 12.1 Å². The number of carboxylic acid groups (broad SMARTS) is 1. The lowest BCUT2D eigenvalue weighted by atomic mass is 9.90. The monoisotopic (exact) mass is 441 g/mol. The van der Waals surface area contributed by atoms with E-state index in [1.807, 2.05) is 12.1 Å². The summed E-state index contributed by atoms with van der Waals surface area (Å²) in [7, 11) is 0. The first-order chi connectivity index (χ1) is 14.6. The van der Waals surface area contributed by atoms with Crippen molar-refractivity contribution in [2.75, 3.05) is 18.4 Å². The Morgan fingerprint density at radius 2 is 1.68 bits per heavy atom. The number of carbonyl (C=O) groups is 2. The number of hydrogen-bond donors (Lipinski definition) is 4. The van der Waals surface area contributed by atoms with Crippen LogP contribution in [0.25, 0.3) is 0 Å². The summed E-state index contributed by atoms with van der Waals surface area (Å²) in [6.07, 6.45) is -2.78. The molecule has 0 aromatic heterocycles. The molecule has 1 fully saturated rings. The fourth-order valence-corrected chi connectivity index (χ4v) is 3.00. The van der Waals surface area contributed by atoms with E-state index in [0.29, 0.717) is 5.92 Å². The number of rotatable bonds is 4. The van der Waals surface area contributed by atoms with Crippen molar-refractivity contribution in [1.82, 2.24) is 10.6 Å². The molecule has 1 aliphatic heterocycles. The van der Waals surface area contributed by atoms with E-state index in [9.17, 15) is 22.4 Å². The average Bonchev–Trinajstić information content (AvgIpc) is 2.73. The van der Waals surface area contributed by atoms with E-state index in [4.69, 9.17) is 9.90 Å². The van der Waals surface area contributed by atoms with Gasteiger partial charge in [-0.15, -0.1) is 0 Å². The highest BCUT2D eigenvalue weighted by atomic mass is 19.4. The minimum atomic E-state index is -5.08.